The lowest BCUT2D eigenvalue weighted by atomic mass is 10.1. The van der Waals surface area contributed by atoms with Gasteiger partial charge in [-0.1, -0.05) is 13.3 Å². The molecular formula is C17H21NO5. The third-order valence-electron chi connectivity index (χ3n) is 3.11. The first-order valence-corrected chi connectivity index (χ1v) is 7.20. The molecule has 124 valence electrons. The quantitative estimate of drug-likeness (QED) is 0.317. The van der Waals surface area contributed by atoms with Crippen LogP contribution in [0.5, 0.6) is 17.2 Å². The Morgan fingerprint density at radius 1 is 1.13 bits per heavy atom. The lowest BCUT2D eigenvalue weighted by Gasteiger charge is -2.12. The first-order valence-electron chi connectivity index (χ1n) is 7.20. The van der Waals surface area contributed by atoms with E-state index in [-0.39, 0.29) is 12.2 Å². The Hall–Kier alpha value is -2.68. The first-order chi connectivity index (χ1) is 11.1. The van der Waals surface area contributed by atoms with Crippen LogP contribution in [0, 0.1) is 11.3 Å². The molecule has 0 spiro atoms. The SMILES string of the molecule is CCCCOC(=O)/C(C#N)=C/c1cc(OC)c(OC)cc1OC. The van der Waals surface area contributed by atoms with Crippen molar-refractivity contribution in [1.82, 2.24) is 0 Å². The molecular weight excluding hydrogens is 298 g/mol. The lowest BCUT2D eigenvalue weighted by molar-refractivity contribution is -0.138. The maximum atomic E-state index is 11.9. The van der Waals surface area contributed by atoms with Crippen molar-refractivity contribution < 1.29 is 23.7 Å². The van der Waals surface area contributed by atoms with Crippen LogP contribution in [0.25, 0.3) is 6.08 Å². The zero-order valence-corrected chi connectivity index (χ0v) is 13.8. The number of methoxy groups -OCH3 is 3. The number of nitrogens with zero attached hydrogens (tertiary/aromatic N) is 1. The third-order valence-corrected chi connectivity index (χ3v) is 3.11. The summed E-state index contributed by atoms with van der Waals surface area (Å²) in [6.07, 6.45) is 3.07. The molecule has 0 saturated carbocycles. The molecule has 0 heterocycles. The van der Waals surface area contributed by atoms with E-state index in [0.29, 0.717) is 22.8 Å². The number of carbonyl (C=O) groups is 1. The summed E-state index contributed by atoms with van der Waals surface area (Å²) in [6.45, 7) is 2.28. The zero-order chi connectivity index (χ0) is 17.2. The van der Waals surface area contributed by atoms with E-state index < -0.39 is 5.97 Å². The van der Waals surface area contributed by atoms with Crippen molar-refractivity contribution in [2.24, 2.45) is 0 Å². The van der Waals surface area contributed by atoms with Crippen molar-refractivity contribution >= 4 is 12.0 Å². The summed E-state index contributed by atoms with van der Waals surface area (Å²) >= 11 is 0. The number of esters is 1. The molecule has 0 fully saturated rings. The maximum Gasteiger partial charge on any atom is 0.348 e. The molecule has 1 aromatic carbocycles. The van der Waals surface area contributed by atoms with Crippen LogP contribution in [0.2, 0.25) is 0 Å². The number of hydrogen-bond donors (Lipinski definition) is 0. The van der Waals surface area contributed by atoms with Gasteiger partial charge in [0, 0.05) is 11.6 Å². The molecule has 0 aliphatic rings. The highest BCUT2D eigenvalue weighted by Crippen LogP contribution is 2.35. The highest BCUT2D eigenvalue weighted by Gasteiger charge is 2.15. The number of nitriles is 1. The van der Waals surface area contributed by atoms with Gasteiger partial charge in [-0.25, -0.2) is 4.79 Å². The van der Waals surface area contributed by atoms with Crippen molar-refractivity contribution in [1.29, 1.82) is 5.26 Å². The minimum atomic E-state index is -0.655. The fourth-order valence-corrected chi connectivity index (χ4v) is 1.84. The molecule has 1 aromatic rings. The van der Waals surface area contributed by atoms with Crippen LogP contribution in [0.15, 0.2) is 17.7 Å². The predicted molar refractivity (Wildman–Crippen MR) is 85.6 cm³/mol. The summed E-state index contributed by atoms with van der Waals surface area (Å²) in [5.74, 6) is 0.760. The number of carbonyl (C=O) groups excluding carboxylic acids is 1. The van der Waals surface area contributed by atoms with Crippen LogP contribution in [0.4, 0.5) is 0 Å². The summed E-state index contributed by atoms with van der Waals surface area (Å²) in [5, 5.41) is 9.19. The fourth-order valence-electron chi connectivity index (χ4n) is 1.84. The van der Waals surface area contributed by atoms with Crippen molar-refractivity contribution in [3.05, 3.63) is 23.3 Å². The molecule has 0 bridgehead atoms. The second kappa shape index (κ2) is 9.36. The van der Waals surface area contributed by atoms with Crippen molar-refractivity contribution in [3.63, 3.8) is 0 Å². The van der Waals surface area contributed by atoms with E-state index in [4.69, 9.17) is 18.9 Å². The van der Waals surface area contributed by atoms with Gasteiger partial charge in [-0.2, -0.15) is 5.26 Å². The molecule has 6 nitrogen and oxygen atoms in total. The Morgan fingerprint density at radius 3 is 2.26 bits per heavy atom. The number of ether oxygens (including phenoxy) is 4. The Labute approximate surface area is 136 Å². The van der Waals surface area contributed by atoms with Crippen LogP contribution in [0.3, 0.4) is 0 Å². The van der Waals surface area contributed by atoms with Gasteiger partial charge in [-0.15, -0.1) is 0 Å². The molecule has 1 rings (SSSR count). The highest BCUT2D eigenvalue weighted by atomic mass is 16.5. The van der Waals surface area contributed by atoms with Gasteiger partial charge in [-0.05, 0) is 18.6 Å². The number of benzene rings is 1. The Morgan fingerprint density at radius 2 is 1.74 bits per heavy atom. The lowest BCUT2D eigenvalue weighted by Crippen LogP contribution is -2.08. The van der Waals surface area contributed by atoms with E-state index in [1.54, 1.807) is 12.1 Å². The van der Waals surface area contributed by atoms with Gasteiger partial charge in [0.25, 0.3) is 0 Å². The Bertz CT molecular complexity index is 616. The second-order valence-corrected chi connectivity index (χ2v) is 4.61. The van der Waals surface area contributed by atoms with Crippen molar-refractivity contribution in [2.45, 2.75) is 19.8 Å². The third kappa shape index (κ3) is 4.92. The van der Waals surface area contributed by atoms with Gasteiger partial charge in [0.2, 0.25) is 0 Å². The van der Waals surface area contributed by atoms with Gasteiger partial charge in [0.15, 0.2) is 11.5 Å². The largest absolute Gasteiger partial charge is 0.496 e. The van der Waals surface area contributed by atoms with Crippen molar-refractivity contribution in [3.8, 4) is 23.3 Å². The summed E-state index contributed by atoms with van der Waals surface area (Å²) in [7, 11) is 4.50. The summed E-state index contributed by atoms with van der Waals surface area (Å²) in [4.78, 5) is 11.9. The smallest absolute Gasteiger partial charge is 0.348 e. The molecule has 0 aliphatic carbocycles. The molecule has 6 heteroatoms. The molecule has 0 aromatic heterocycles. The first kappa shape index (κ1) is 18.4. The topological polar surface area (TPSA) is 77.8 Å². The van der Waals surface area contributed by atoms with Gasteiger partial charge in [0.05, 0.1) is 27.9 Å². The molecule has 0 amide bonds. The van der Waals surface area contributed by atoms with E-state index in [9.17, 15) is 10.1 Å². The van der Waals surface area contributed by atoms with E-state index in [1.807, 2.05) is 13.0 Å². The van der Waals surface area contributed by atoms with Gasteiger partial charge in [-0.3, -0.25) is 0 Å². The van der Waals surface area contributed by atoms with Gasteiger partial charge in [0.1, 0.15) is 17.4 Å². The fraction of sp³-hybridized carbons (Fsp3) is 0.412. The van der Waals surface area contributed by atoms with E-state index in [1.165, 1.54) is 27.4 Å². The van der Waals surface area contributed by atoms with Crippen molar-refractivity contribution in [2.75, 3.05) is 27.9 Å². The normalized spacial score (nSPS) is 10.7. The highest BCUT2D eigenvalue weighted by molar-refractivity contribution is 5.98. The molecule has 0 radical (unpaired) electrons. The minimum Gasteiger partial charge on any atom is -0.496 e. The monoisotopic (exact) mass is 319 g/mol. The van der Waals surface area contributed by atoms with E-state index in [2.05, 4.69) is 0 Å². The van der Waals surface area contributed by atoms with Crippen LogP contribution < -0.4 is 14.2 Å². The molecule has 23 heavy (non-hydrogen) atoms. The van der Waals surface area contributed by atoms with Crippen LogP contribution in [0.1, 0.15) is 25.3 Å². The van der Waals surface area contributed by atoms with Crippen LogP contribution >= 0.6 is 0 Å². The summed E-state index contributed by atoms with van der Waals surface area (Å²) in [6, 6.07) is 5.11. The minimum absolute atomic E-state index is 0.105. The van der Waals surface area contributed by atoms with Crippen LogP contribution in [-0.2, 0) is 9.53 Å². The second-order valence-electron chi connectivity index (χ2n) is 4.61. The maximum absolute atomic E-state index is 11.9. The van der Waals surface area contributed by atoms with Gasteiger partial charge >= 0.3 is 5.97 Å². The Kier molecular flexibility index (Phi) is 7.48. The number of hydrogen-bond acceptors (Lipinski definition) is 6. The molecule has 0 aliphatic heterocycles. The summed E-state index contributed by atoms with van der Waals surface area (Å²) < 4.78 is 20.7. The summed E-state index contributed by atoms with van der Waals surface area (Å²) in [5.41, 5.74) is 0.417. The molecule has 0 saturated heterocycles. The predicted octanol–water partition coefficient (Wildman–Crippen LogP) is 2.96. The number of unbranched alkanes of at least 4 members (excludes halogenated alkanes) is 1. The average molecular weight is 319 g/mol. The zero-order valence-electron chi connectivity index (χ0n) is 13.8. The van der Waals surface area contributed by atoms with E-state index >= 15 is 0 Å². The number of rotatable bonds is 8. The standard InChI is InChI=1S/C17H21NO5/c1-5-6-7-23-17(19)13(11-18)8-12-9-15(21-3)16(22-4)10-14(12)20-2/h8-10H,5-7H2,1-4H3/b13-8+. The molecule has 0 N–H and O–H groups in total. The van der Waals surface area contributed by atoms with Gasteiger partial charge < -0.3 is 18.9 Å². The molecule has 0 unspecified atom stereocenters. The average Bonchev–Trinajstić information content (AvgIpc) is 2.58. The molecule has 0 atom stereocenters. The Balaban J connectivity index is 3.16. The van der Waals surface area contributed by atoms with E-state index in [0.717, 1.165) is 12.8 Å². The van der Waals surface area contributed by atoms with Crippen LogP contribution in [-0.4, -0.2) is 33.9 Å².